The number of aromatic nitrogens is 1. The second-order valence-electron chi connectivity index (χ2n) is 6.22. The first-order chi connectivity index (χ1) is 14.3. The van der Waals surface area contributed by atoms with Gasteiger partial charge in [-0.15, -0.1) is 17.9 Å². The number of rotatable bonds is 6. The number of nitrogens with zero attached hydrogens (tertiary/aromatic N) is 2. The minimum atomic E-state index is -0.704. The van der Waals surface area contributed by atoms with Gasteiger partial charge in [-0.1, -0.05) is 35.3 Å². The molecule has 0 atom stereocenters. The second-order valence-corrected chi connectivity index (χ2v) is 7.88. The van der Waals surface area contributed by atoms with Crippen LogP contribution in [0.25, 0.3) is 11.3 Å². The summed E-state index contributed by atoms with van der Waals surface area (Å²) < 4.78 is 14.4. The monoisotopic (exact) mass is 463 g/mol. The Labute approximate surface area is 186 Å². The van der Waals surface area contributed by atoms with Gasteiger partial charge in [-0.25, -0.2) is 9.37 Å². The molecule has 30 heavy (non-hydrogen) atoms. The fourth-order valence-corrected chi connectivity index (χ4v) is 3.81. The van der Waals surface area contributed by atoms with E-state index in [4.69, 9.17) is 23.2 Å². The summed E-state index contributed by atoms with van der Waals surface area (Å²) in [5.41, 5.74) is 1.47. The Balaban J connectivity index is 1.95. The number of hydrogen-bond acceptors (Lipinski definition) is 4. The van der Waals surface area contributed by atoms with Gasteiger partial charge in [-0.05, 0) is 30.3 Å². The third-order valence-electron chi connectivity index (χ3n) is 4.01. The number of carbonyl (C=O) groups excluding carboxylic acids is 2. The van der Waals surface area contributed by atoms with Crippen LogP contribution >= 0.6 is 34.5 Å². The fourth-order valence-electron chi connectivity index (χ4n) is 2.67. The lowest BCUT2D eigenvalue weighted by atomic mass is 10.1. The lowest BCUT2D eigenvalue weighted by Crippen LogP contribution is -2.31. The van der Waals surface area contributed by atoms with Crippen molar-refractivity contribution in [2.75, 3.05) is 16.8 Å². The molecule has 9 heteroatoms. The van der Waals surface area contributed by atoms with Crippen LogP contribution in [0.5, 0.6) is 0 Å². The predicted molar refractivity (Wildman–Crippen MR) is 120 cm³/mol. The van der Waals surface area contributed by atoms with Crippen LogP contribution in [0.3, 0.4) is 0 Å². The number of thiazole rings is 1. The molecule has 2 aromatic carbocycles. The molecule has 0 saturated carbocycles. The van der Waals surface area contributed by atoms with Gasteiger partial charge in [0, 0.05) is 30.1 Å². The summed E-state index contributed by atoms with van der Waals surface area (Å²) in [4.78, 5) is 30.2. The highest BCUT2D eigenvalue weighted by Crippen LogP contribution is 2.32. The molecule has 3 aromatic rings. The number of anilines is 2. The number of nitrogens with one attached hydrogen (secondary N) is 1. The molecule has 0 aliphatic heterocycles. The first kappa shape index (κ1) is 22.0. The van der Waals surface area contributed by atoms with E-state index in [1.54, 1.807) is 23.6 Å². The van der Waals surface area contributed by atoms with Crippen LogP contribution < -0.4 is 10.2 Å². The van der Waals surface area contributed by atoms with Crippen molar-refractivity contribution in [3.05, 3.63) is 75.9 Å². The Morgan fingerprint density at radius 1 is 1.23 bits per heavy atom. The molecular formula is C21H16Cl2FN3O2S. The van der Waals surface area contributed by atoms with Gasteiger partial charge in [-0.2, -0.15) is 0 Å². The van der Waals surface area contributed by atoms with Gasteiger partial charge < -0.3 is 5.32 Å². The van der Waals surface area contributed by atoms with Crippen molar-refractivity contribution in [2.45, 2.75) is 6.92 Å². The maximum atomic E-state index is 14.4. The lowest BCUT2D eigenvalue weighted by molar-refractivity contribution is -0.114. The van der Waals surface area contributed by atoms with E-state index >= 15 is 0 Å². The van der Waals surface area contributed by atoms with Gasteiger partial charge >= 0.3 is 0 Å². The minimum absolute atomic E-state index is 0.122. The van der Waals surface area contributed by atoms with Crippen molar-refractivity contribution in [3.63, 3.8) is 0 Å². The molecule has 0 unspecified atom stereocenters. The minimum Gasteiger partial charge on any atom is -0.326 e. The van der Waals surface area contributed by atoms with Crippen molar-refractivity contribution in [1.82, 2.24) is 4.98 Å². The van der Waals surface area contributed by atoms with E-state index in [1.165, 1.54) is 41.4 Å². The van der Waals surface area contributed by atoms with E-state index in [0.29, 0.717) is 26.6 Å². The molecule has 3 rings (SSSR count). The molecule has 0 spiro atoms. The van der Waals surface area contributed by atoms with Gasteiger partial charge in [-0.3, -0.25) is 14.5 Å². The van der Waals surface area contributed by atoms with Crippen molar-refractivity contribution >= 4 is 57.2 Å². The normalized spacial score (nSPS) is 10.5. The largest absolute Gasteiger partial charge is 0.326 e. The first-order valence-corrected chi connectivity index (χ1v) is 10.3. The molecule has 5 nitrogen and oxygen atoms in total. The first-order valence-electron chi connectivity index (χ1n) is 8.71. The Kier molecular flexibility index (Phi) is 6.87. The van der Waals surface area contributed by atoms with E-state index in [2.05, 4.69) is 16.9 Å². The van der Waals surface area contributed by atoms with Crippen molar-refractivity contribution in [2.24, 2.45) is 0 Å². The Hall–Kier alpha value is -2.74. The average Bonchev–Trinajstić information content (AvgIpc) is 3.18. The van der Waals surface area contributed by atoms with Gasteiger partial charge in [0.15, 0.2) is 5.13 Å². The van der Waals surface area contributed by atoms with Crippen LogP contribution in [0.1, 0.15) is 17.3 Å². The topological polar surface area (TPSA) is 62.3 Å². The molecule has 1 N–H and O–H groups in total. The van der Waals surface area contributed by atoms with Gasteiger partial charge in [0.2, 0.25) is 5.91 Å². The molecule has 0 fully saturated rings. The maximum absolute atomic E-state index is 14.4. The third kappa shape index (κ3) is 4.87. The number of halogens is 3. The highest BCUT2D eigenvalue weighted by molar-refractivity contribution is 7.14. The molecule has 1 heterocycles. The maximum Gasteiger partial charge on any atom is 0.263 e. The highest BCUT2D eigenvalue weighted by atomic mass is 35.5. The van der Waals surface area contributed by atoms with E-state index in [-0.39, 0.29) is 18.0 Å². The number of benzene rings is 2. The summed E-state index contributed by atoms with van der Waals surface area (Å²) in [7, 11) is 0. The molecule has 0 aliphatic rings. The third-order valence-corrected chi connectivity index (χ3v) is 5.61. The van der Waals surface area contributed by atoms with Crippen molar-refractivity contribution in [1.29, 1.82) is 0 Å². The van der Waals surface area contributed by atoms with Crippen LogP contribution in [0.15, 0.2) is 54.4 Å². The van der Waals surface area contributed by atoms with Crippen LogP contribution in [0.4, 0.5) is 15.2 Å². The van der Waals surface area contributed by atoms with Gasteiger partial charge in [0.1, 0.15) is 5.82 Å². The summed E-state index contributed by atoms with van der Waals surface area (Å²) in [6.45, 7) is 5.12. The fraction of sp³-hybridized carbons (Fsp3) is 0.0952. The quantitative estimate of drug-likeness (QED) is 0.452. The molecule has 2 amide bonds. The van der Waals surface area contributed by atoms with Crippen molar-refractivity contribution in [3.8, 4) is 11.3 Å². The van der Waals surface area contributed by atoms with Crippen LogP contribution in [-0.2, 0) is 4.79 Å². The zero-order chi connectivity index (χ0) is 21.8. The van der Waals surface area contributed by atoms with Crippen LogP contribution in [0, 0.1) is 5.82 Å². The molecular weight excluding hydrogens is 448 g/mol. The van der Waals surface area contributed by atoms with E-state index in [0.717, 1.165) is 11.6 Å². The Bertz CT molecular complexity index is 1130. The molecule has 0 radical (unpaired) electrons. The average molecular weight is 464 g/mol. The molecule has 0 aliphatic carbocycles. The van der Waals surface area contributed by atoms with Crippen molar-refractivity contribution < 1.29 is 14.0 Å². The van der Waals surface area contributed by atoms with Crippen LogP contribution in [0.2, 0.25) is 10.0 Å². The van der Waals surface area contributed by atoms with Gasteiger partial charge in [0.25, 0.3) is 5.91 Å². The number of hydrogen-bond donors (Lipinski definition) is 1. The van der Waals surface area contributed by atoms with Crippen LogP contribution in [-0.4, -0.2) is 23.3 Å². The number of amides is 2. The van der Waals surface area contributed by atoms with E-state index in [9.17, 15) is 14.0 Å². The number of carbonyl (C=O) groups is 2. The molecule has 154 valence electrons. The van der Waals surface area contributed by atoms with E-state index < -0.39 is 11.7 Å². The lowest BCUT2D eigenvalue weighted by Gasteiger charge is -2.19. The SMILES string of the molecule is C=CCN(C(=O)c1cc(NC(C)=O)ccc1F)c1nc(-c2ccc(Cl)c(Cl)c2)cs1. The smallest absolute Gasteiger partial charge is 0.263 e. The molecule has 0 saturated heterocycles. The van der Waals surface area contributed by atoms with Gasteiger partial charge in [0.05, 0.1) is 21.3 Å². The zero-order valence-corrected chi connectivity index (χ0v) is 18.1. The summed E-state index contributed by atoms with van der Waals surface area (Å²) >= 11 is 13.3. The standard InChI is InChI=1S/C21H16Cl2FN3O2S/c1-3-8-27(20(29)15-10-14(25-12(2)28)5-7-18(15)24)21-26-19(11-30-21)13-4-6-16(22)17(23)9-13/h3-7,9-11H,1,8H2,2H3,(H,25,28). The zero-order valence-electron chi connectivity index (χ0n) is 15.8. The predicted octanol–water partition coefficient (Wildman–Crippen LogP) is 6.05. The summed E-state index contributed by atoms with van der Waals surface area (Å²) in [6, 6.07) is 8.92. The second kappa shape index (κ2) is 9.38. The highest BCUT2D eigenvalue weighted by Gasteiger charge is 2.23. The Morgan fingerprint density at radius 2 is 2.00 bits per heavy atom. The summed E-state index contributed by atoms with van der Waals surface area (Å²) in [5.74, 6) is -1.63. The molecule has 1 aromatic heterocycles. The van der Waals surface area contributed by atoms with E-state index in [1.807, 2.05) is 0 Å². The Morgan fingerprint density at radius 3 is 2.67 bits per heavy atom. The molecule has 0 bridgehead atoms. The summed E-state index contributed by atoms with van der Waals surface area (Å²) in [5, 5.41) is 5.49. The summed E-state index contributed by atoms with van der Waals surface area (Å²) in [6.07, 6.45) is 1.52.